The predicted octanol–water partition coefficient (Wildman–Crippen LogP) is 2.00. The van der Waals surface area contributed by atoms with Gasteiger partial charge in [0, 0.05) is 11.4 Å². The quantitative estimate of drug-likeness (QED) is 0.928. The molecule has 7 nitrogen and oxygen atoms in total. The number of aromatic nitrogens is 4. The van der Waals surface area contributed by atoms with Gasteiger partial charge >= 0.3 is 0 Å². The fraction of sp³-hybridized carbons (Fsp3) is 0.647. The van der Waals surface area contributed by atoms with E-state index in [0.717, 1.165) is 11.1 Å². The van der Waals surface area contributed by atoms with Crippen LogP contribution in [0.15, 0.2) is 11.0 Å². The van der Waals surface area contributed by atoms with Crippen LogP contribution in [-0.4, -0.2) is 31.5 Å². The maximum atomic E-state index is 12.9. The lowest BCUT2D eigenvalue weighted by atomic mass is 10.1. The van der Waals surface area contributed by atoms with Gasteiger partial charge in [-0.15, -0.1) is 0 Å². The maximum absolute atomic E-state index is 12.9. The molecule has 0 radical (unpaired) electrons. The summed E-state index contributed by atoms with van der Waals surface area (Å²) in [4.78, 5) is 25.0. The maximum Gasteiger partial charge on any atom is 0.293 e. The Balaban J connectivity index is 2.67. The van der Waals surface area contributed by atoms with Gasteiger partial charge in [-0.2, -0.15) is 10.2 Å². The van der Waals surface area contributed by atoms with E-state index in [1.54, 1.807) is 10.9 Å². The molecule has 0 spiro atoms. The molecule has 7 heteroatoms. The summed E-state index contributed by atoms with van der Waals surface area (Å²) in [6.07, 6.45) is 1.70. The second-order valence-electron chi connectivity index (χ2n) is 7.71. The summed E-state index contributed by atoms with van der Waals surface area (Å²) in [5, 5.41) is 12.4. The molecule has 1 amide bonds. The first-order valence-corrected chi connectivity index (χ1v) is 8.31. The molecule has 0 unspecified atom stereocenters. The zero-order chi connectivity index (χ0) is 18.2. The molecule has 2 rings (SSSR count). The highest BCUT2D eigenvalue weighted by molar-refractivity contribution is 5.81. The molecule has 0 saturated heterocycles. The van der Waals surface area contributed by atoms with Gasteiger partial charge in [-0.25, -0.2) is 4.68 Å². The molecule has 1 N–H and O–H groups in total. The predicted molar refractivity (Wildman–Crippen MR) is 94.2 cm³/mol. The molecule has 24 heavy (non-hydrogen) atoms. The van der Waals surface area contributed by atoms with Crippen LogP contribution in [0.4, 0.5) is 0 Å². The molecule has 0 fully saturated rings. The van der Waals surface area contributed by atoms with Crippen LogP contribution in [0, 0.1) is 0 Å². The normalized spacial score (nSPS) is 12.4. The van der Waals surface area contributed by atoms with Crippen LogP contribution in [0.25, 0.3) is 10.9 Å². The van der Waals surface area contributed by atoms with Gasteiger partial charge in [0.05, 0.1) is 17.4 Å². The van der Waals surface area contributed by atoms with Gasteiger partial charge in [-0.3, -0.25) is 14.3 Å². The summed E-state index contributed by atoms with van der Waals surface area (Å²) in [6.45, 7) is 13.7. The minimum atomic E-state index is -0.339. The third kappa shape index (κ3) is 3.49. The van der Waals surface area contributed by atoms with Crippen LogP contribution in [0.2, 0.25) is 0 Å². The summed E-state index contributed by atoms with van der Waals surface area (Å²) in [5.74, 6) is -0.111. The Morgan fingerprint density at radius 2 is 1.88 bits per heavy atom. The molecule has 0 aliphatic heterocycles. The lowest BCUT2D eigenvalue weighted by molar-refractivity contribution is -0.122. The van der Waals surface area contributed by atoms with Crippen LogP contribution in [0.5, 0.6) is 0 Å². The summed E-state index contributed by atoms with van der Waals surface area (Å²) in [6, 6.07) is 0.0154. The fourth-order valence-corrected chi connectivity index (χ4v) is 2.64. The standard InChI is InChI=1S/C17H27N5O2/c1-10(2)14-12-8-18-22(17(5,6)7)15(12)16(24)21(20-14)9-13(23)19-11(3)4/h8,10-11H,9H2,1-7H3,(H,19,23). The average Bonchev–Trinajstić information content (AvgIpc) is 2.85. The third-order valence-electron chi connectivity index (χ3n) is 3.64. The number of fused-ring (bicyclic) bond motifs is 1. The molecule has 0 aliphatic carbocycles. The molecule has 0 aliphatic rings. The summed E-state index contributed by atoms with van der Waals surface area (Å²) >= 11 is 0. The Bertz CT molecular complexity index is 809. The van der Waals surface area contributed by atoms with Crippen molar-refractivity contribution in [1.29, 1.82) is 0 Å². The highest BCUT2D eigenvalue weighted by atomic mass is 16.2. The monoisotopic (exact) mass is 333 g/mol. The first-order chi connectivity index (χ1) is 11.0. The minimum absolute atomic E-state index is 0.0154. The van der Waals surface area contributed by atoms with Crippen molar-refractivity contribution < 1.29 is 4.79 Å². The van der Waals surface area contributed by atoms with Gasteiger partial charge in [-0.05, 0) is 40.5 Å². The molecule has 132 valence electrons. The second-order valence-corrected chi connectivity index (χ2v) is 7.71. The summed E-state index contributed by atoms with van der Waals surface area (Å²) in [5.41, 5.74) is 0.644. The van der Waals surface area contributed by atoms with E-state index >= 15 is 0 Å². The lowest BCUT2D eigenvalue weighted by Gasteiger charge is -2.21. The minimum Gasteiger partial charge on any atom is -0.352 e. The van der Waals surface area contributed by atoms with Crippen molar-refractivity contribution in [2.75, 3.05) is 0 Å². The van der Waals surface area contributed by atoms with E-state index in [0.29, 0.717) is 5.52 Å². The number of carbonyl (C=O) groups excluding carboxylic acids is 1. The number of rotatable bonds is 4. The SMILES string of the molecule is CC(C)NC(=O)Cn1nc(C(C)C)c2cnn(C(C)(C)C)c2c1=O. The molecule has 0 bridgehead atoms. The van der Waals surface area contributed by atoms with E-state index in [1.807, 2.05) is 48.5 Å². The highest BCUT2D eigenvalue weighted by Crippen LogP contribution is 2.24. The van der Waals surface area contributed by atoms with Crippen molar-refractivity contribution in [3.05, 3.63) is 22.2 Å². The van der Waals surface area contributed by atoms with E-state index in [9.17, 15) is 9.59 Å². The Labute approximate surface area is 142 Å². The lowest BCUT2D eigenvalue weighted by Crippen LogP contribution is -2.38. The number of nitrogens with zero attached hydrogens (tertiary/aromatic N) is 4. The van der Waals surface area contributed by atoms with Gasteiger partial charge in [0.25, 0.3) is 5.56 Å². The number of hydrogen-bond donors (Lipinski definition) is 1. The van der Waals surface area contributed by atoms with Crippen LogP contribution in [0.3, 0.4) is 0 Å². The van der Waals surface area contributed by atoms with E-state index in [1.165, 1.54) is 4.68 Å². The molecule has 2 heterocycles. The van der Waals surface area contributed by atoms with Crippen molar-refractivity contribution >= 4 is 16.8 Å². The topological polar surface area (TPSA) is 81.8 Å². The Morgan fingerprint density at radius 1 is 1.25 bits per heavy atom. The van der Waals surface area contributed by atoms with Crippen molar-refractivity contribution in [2.45, 2.75) is 72.5 Å². The molecule has 2 aromatic heterocycles. The molecular weight excluding hydrogens is 306 g/mol. The van der Waals surface area contributed by atoms with Crippen LogP contribution in [-0.2, 0) is 16.9 Å². The van der Waals surface area contributed by atoms with Crippen LogP contribution < -0.4 is 10.9 Å². The van der Waals surface area contributed by atoms with Crippen molar-refractivity contribution in [3.63, 3.8) is 0 Å². The molecule has 0 saturated carbocycles. The van der Waals surface area contributed by atoms with Crippen molar-refractivity contribution in [1.82, 2.24) is 24.9 Å². The largest absolute Gasteiger partial charge is 0.352 e. The van der Waals surface area contributed by atoms with Crippen LogP contribution >= 0.6 is 0 Å². The highest BCUT2D eigenvalue weighted by Gasteiger charge is 2.24. The molecule has 0 aromatic carbocycles. The van der Waals surface area contributed by atoms with E-state index in [2.05, 4.69) is 15.5 Å². The number of hydrogen-bond acceptors (Lipinski definition) is 4. The number of carbonyl (C=O) groups is 1. The zero-order valence-electron chi connectivity index (χ0n) is 15.5. The van der Waals surface area contributed by atoms with Crippen molar-refractivity contribution in [3.8, 4) is 0 Å². The smallest absolute Gasteiger partial charge is 0.293 e. The number of amides is 1. The van der Waals surface area contributed by atoms with E-state index < -0.39 is 0 Å². The summed E-state index contributed by atoms with van der Waals surface area (Å²) in [7, 11) is 0. The van der Waals surface area contributed by atoms with E-state index in [-0.39, 0.29) is 35.5 Å². The van der Waals surface area contributed by atoms with Gasteiger partial charge in [0.15, 0.2) is 0 Å². The van der Waals surface area contributed by atoms with Gasteiger partial charge in [0.2, 0.25) is 5.91 Å². The van der Waals surface area contributed by atoms with E-state index in [4.69, 9.17) is 0 Å². The zero-order valence-corrected chi connectivity index (χ0v) is 15.5. The van der Waals surface area contributed by atoms with Crippen LogP contribution in [0.1, 0.15) is 60.1 Å². The van der Waals surface area contributed by atoms with Gasteiger partial charge in [0.1, 0.15) is 12.1 Å². The van der Waals surface area contributed by atoms with Gasteiger partial charge in [-0.1, -0.05) is 13.8 Å². The third-order valence-corrected chi connectivity index (χ3v) is 3.64. The fourth-order valence-electron chi connectivity index (χ4n) is 2.64. The molecule has 0 atom stereocenters. The van der Waals surface area contributed by atoms with Crippen molar-refractivity contribution in [2.24, 2.45) is 0 Å². The Hall–Kier alpha value is -2.18. The number of nitrogens with one attached hydrogen (secondary N) is 1. The second kappa shape index (κ2) is 6.37. The summed E-state index contributed by atoms with van der Waals surface area (Å²) < 4.78 is 2.97. The first kappa shape index (κ1) is 18.2. The molecular formula is C17H27N5O2. The average molecular weight is 333 g/mol. The van der Waals surface area contributed by atoms with Gasteiger partial charge < -0.3 is 5.32 Å². The first-order valence-electron chi connectivity index (χ1n) is 8.31. The Kier molecular flexibility index (Phi) is 4.82. The molecule has 2 aromatic rings. The Morgan fingerprint density at radius 3 is 2.38 bits per heavy atom.